The second kappa shape index (κ2) is 7.23. The molecule has 0 saturated carbocycles. The van der Waals surface area contributed by atoms with Crippen LogP contribution in [-0.2, 0) is 9.59 Å². The lowest BCUT2D eigenvalue weighted by atomic mass is 10.0. The van der Waals surface area contributed by atoms with E-state index in [0.717, 1.165) is 12.8 Å². The second-order valence-corrected chi connectivity index (χ2v) is 4.26. The van der Waals surface area contributed by atoms with E-state index in [-0.39, 0.29) is 0 Å². The average Bonchev–Trinajstić information content (AvgIpc) is 2.22. The summed E-state index contributed by atoms with van der Waals surface area (Å²) in [5.41, 5.74) is 0. The van der Waals surface area contributed by atoms with Crippen LogP contribution in [0.4, 0.5) is 13.2 Å². The van der Waals surface area contributed by atoms with Crippen molar-refractivity contribution in [2.75, 3.05) is 0 Å². The first-order valence-corrected chi connectivity index (χ1v) is 5.77. The third-order valence-corrected chi connectivity index (χ3v) is 2.49. The zero-order valence-electron chi connectivity index (χ0n) is 10.4. The summed E-state index contributed by atoms with van der Waals surface area (Å²) in [7, 11) is 0. The molecule has 0 aliphatic carbocycles. The summed E-state index contributed by atoms with van der Waals surface area (Å²) in [4.78, 5) is 22.1. The molecule has 0 aromatic carbocycles. The van der Waals surface area contributed by atoms with Crippen molar-refractivity contribution in [3.8, 4) is 0 Å². The third-order valence-electron chi connectivity index (χ3n) is 2.49. The summed E-state index contributed by atoms with van der Waals surface area (Å²) in [5, 5.41) is 10.6. The van der Waals surface area contributed by atoms with Gasteiger partial charge in [0.05, 0.1) is 6.42 Å². The molecular formula is C11H18F3NO3. The molecule has 2 atom stereocenters. The maximum atomic E-state index is 12.1. The van der Waals surface area contributed by atoms with Gasteiger partial charge >= 0.3 is 12.1 Å². The number of halogens is 3. The van der Waals surface area contributed by atoms with Gasteiger partial charge < -0.3 is 10.4 Å². The number of alkyl halides is 3. The van der Waals surface area contributed by atoms with Gasteiger partial charge in [-0.25, -0.2) is 4.79 Å². The van der Waals surface area contributed by atoms with E-state index in [4.69, 9.17) is 5.11 Å². The molecule has 0 spiro atoms. The largest absolute Gasteiger partial charge is 0.480 e. The quantitative estimate of drug-likeness (QED) is 0.745. The number of carboxylic acid groups (broad SMARTS) is 1. The predicted octanol–water partition coefficient (Wildman–Crippen LogP) is 2.33. The molecule has 0 aromatic rings. The Morgan fingerprint density at radius 3 is 2.28 bits per heavy atom. The molecule has 1 amide bonds. The molecule has 2 N–H and O–H groups in total. The smallest absolute Gasteiger partial charge is 0.391 e. The van der Waals surface area contributed by atoms with Crippen LogP contribution in [0.5, 0.6) is 0 Å². The fourth-order valence-electron chi connectivity index (χ4n) is 1.39. The molecule has 0 saturated heterocycles. The molecule has 0 heterocycles. The second-order valence-electron chi connectivity index (χ2n) is 4.26. The summed E-state index contributed by atoms with van der Waals surface area (Å²) in [6.45, 7) is 3.49. The van der Waals surface area contributed by atoms with Crippen LogP contribution in [0.15, 0.2) is 0 Å². The van der Waals surface area contributed by atoms with E-state index in [9.17, 15) is 22.8 Å². The number of unbranched alkanes of at least 4 members (excludes halogenated alkanes) is 1. The minimum absolute atomic E-state index is 0.486. The van der Waals surface area contributed by atoms with Crippen molar-refractivity contribution < 1.29 is 27.9 Å². The standard InChI is InChI=1S/C11H18F3NO3/c1-3-4-5-7(2)9(16)15-8(10(17)18)6-11(12,13)14/h7-8H,3-6H2,1-2H3,(H,15,16)(H,17,18). The number of aliphatic carboxylic acids is 1. The Kier molecular flexibility index (Phi) is 6.72. The number of rotatable bonds is 7. The SMILES string of the molecule is CCCCC(C)C(=O)NC(CC(F)(F)F)C(=O)O. The Hall–Kier alpha value is -1.27. The predicted molar refractivity (Wildman–Crippen MR) is 58.9 cm³/mol. The number of amides is 1. The van der Waals surface area contributed by atoms with Gasteiger partial charge in [0.15, 0.2) is 0 Å². The zero-order valence-corrected chi connectivity index (χ0v) is 10.4. The highest BCUT2D eigenvalue weighted by atomic mass is 19.4. The fraction of sp³-hybridized carbons (Fsp3) is 0.818. The molecule has 7 heteroatoms. The van der Waals surface area contributed by atoms with E-state index < -0.39 is 36.4 Å². The Labute approximate surface area is 104 Å². The maximum Gasteiger partial charge on any atom is 0.391 e. The number of hydrogen-bond donors (Lipinski definition) is 2. The first kappa shape index (κ1) is 16.7. The number of carbonyl (C=O) groups excluding carboxylic acids is 1. The fourth-order valence-corrected chi connectivity index (χ4v) is 1.39. The van der Waals surface area contributed by atoms with Crippen LogP contribution < -0.4 is 5.32 Å². The van der Waals surface area contributed by atoms with Crippen LogP contribution in [0.1, 0.15) is 39.5 Å². The number of nitrogens with one attached hydrogen (secondary N) is 1. The summed E-state index contributed by atoms with van der Waals surface area (Å²) >= 11 is 0. The maximum absolute atomic E-state index is 12.1. The van der Waals surface area contributed by atoms with Crippen molar-refractivity contribution in [1.29, 1.82) is 0 Å². The Morgan fingerprint density at radius 2 is 1.89 bits per heavy atom. The van der Waals surface area contributed by atoms with Gasteiger partial charge in [0.2, 0.25) is 5.91 Å². The number of hydrogen-bond acceptors (Lipinski definition) is 2. The van der Waals surface area contributed by atoms with Gasteiger partial charge in [-0.3, -0.25) is 4.79 Å². The highest BCUT2D eigenvalue weighted by Gasteiger charge is 2.36. The summed E-state index contributed by atoms with van der Waals surface area (Å²) < 4.78 is 36.3. The lowest BCUT2D eigenvalue weighted by Crippen LogP contribution is -2.45. The molecule has 0 rings (SSSR count). The monoisotopic (exact) mass is 269 g/mol. The number of carbonyl (C=O) groups is 2. The van der Waals surface area contributed by atoms with Gasteiger partial charge in [0, 0.05) is 5.92 Å². The molecular weight excluding hydrogens is 251 g/mol. The van der Waals surface area contributed by atoms with E-state index in [1.54, 1.807) is 6.92 Å². The van der Waals surface area contributed by atoms with E-state index in [1.165, 1.54) is 0 Å². The first-order chi connectivity index (χ1) is 8.17. The summed E-state index contributed by atoms with van der Waals surface area (Å²) in [6.07, 6.45) is -4.02. The van der Waals surface area contributed by atoms with Crippen molar-refractivity contribution in [3.63, 3.8) is 0 Å². The molecule has 0 radical (unpaired) electrons. The highest BCUT2D eigenvalue weighted by Crippen LogP contribution is 2.22. The number of carboxylic acids is 1. The molecule has 0 bridgehead atoms. The van der Waals surface area contributed by atoms with Gasteiger partial charge in [0.1, 0.15) is 6.04 Å². The molecule has 0 aliphatic rings. The average molecular weight is 269 g/mol. The van der Waals surface area contributed by atoms with Crippen LogP contribution in [-0.4, -0.2) is 29.2 Å². The molecule has 0 aliphatic heterocycles. The summed E-state index contributed by atoms with van der Waals surface area (Å²) in [6, 6.07) is -1.92. The summed E-state index contributed by atoms with van der Waals surface area (Å²) in [5.74, 6) is -2.82. The minimum atomic E-state index is -4.62. The van der Waals surface area contributed by atoms with Crippen LogP contribution in [0.3, 0.4) is 0 Å². The van der Waals surface area contributed by atoms with Gasteiger partial charge in [-0.1, -0.05) is 26.7 Å². The van der Waals surface area contributed by atoms with Crippen molar-refractivity contribution in [2.45, 2.75) is 51.7 Å². The van der Waals surface area contributed by atoms with Crippen LogP contribution in [0.2, 0.25) is 0 Å². The van der Waals surface area contributed by atoms with Gasteiger partial charge in [0.25, 0.3) is 0 Å². The van der Waals surface area contributed by atoms with E-state index >= 15 is 0 Å². The molecule has 18 heavy (non-hydrogen) atoms. The van der Waals surface area contributed by atoms with Gasteiger partial charge in [-0.2, -0.15) is 13.2 Å². The van der Waals surface area contributed by atoms with Crippen molar-refractivity contribution >= 4 is 11.9 Å². The Bertz CT molecular complexity index is 292. The van der Waals surface area contributed by atoms with Crippen molar-refractivity contribution in [3.05, 3.63) is 0 Å². The van der Waals surface area contributed by atoms with Crippen LogP contribution >= 0.6 is 0 Å². The molecule has 2 unspecified atom stereocenters. The van der Waals surface area contributed by atoms with Gasteiger partial charge in [-0.15, -0.1) is 0 Å². The topological polar surface area (TPSA) is 66.4 Å². The molecule has 0 fully saturated rings. The lowest BCUT2D eigenvalue weighted by molar-refractivity contribution is -0.160. The van der Waals surface area contributed by atoms with Crippen LogP contribution in [0.25, 0.3) is 0 Å². The van der Waals surface area contributed by atoms with E-state index in [1.807, 2.05) is 12.2 Å². The Balaban J connectivity index is 4.41. The van der Waals surface area contributed by atoms with Crippen molar-refractivity contribution in [2.24, 2.45) is 5.92 Å². The van der Waals surface area contributed by atoms with E-state index in [2.05, 4.69) is 0 Å². The van der Waals surface area contributed by atoms with Gasteiger partial charge in [-0.05, 0) is 6.42 Å². The lowest BCUT2D eigenvalue weighted by Gasteiger charge is -2.18. The highest BCUT2D eigenvalue weighted by molar-refractivity contribution is 5.84. The van der Waals surface area contributed by atoms with Crippen LogP contribution in [0, 0.1) is 5.92 Å². The normalized spacial score (nSPS) is 14.9. The third kappa shape index (κ3) is 7.13. The van der Waals surface area contributed by atoms with Crippen molar-refractivity contribution in [1.82, 2.24) is 5.32 Å². The first-order valence-electron chi connectivity index (χ1n) is 5.77. The molecule has 106 valence electrons. The zero-order chi connectivity index (χ0) is 14.3. The minimum Gasteiger partial charge on any atom is -0.480 e. The Morgan fingerprint density at radius 1 is 1.33 bits per heavy atom. The molecule has 4 nitrogen and oxygen atoms in total. The molecule has 0 aromatic heterocycles. The van der Waals surface area contributed by atoms with E-state index in [0.29, 0.717) is 6.42 Å².